The third-order valence-corrected chi connectivity index (χ3v) is 7.30. The molecule has 0 unspecified atom stereocenters. The Kier molecular flexibility index (Phi) is 7.26. The molecular formula is C19H21N3O8S2. The molecule has 1 saturated heterocycles. The van der Waals surface area contributed by atoms with Crippen molar-refractivity contribution in [1.29, 1.82) is 0 Å². The van der Waals surface area contributed by atoms with Crippen LogP contribution in [0, 0.1) is 0 Å². The van der Waals surface area contributed by atoms with E-state index in [1.165, 1.54) is 52.8 Å². The SMILES string of the molecule is NS(=O)(=O)c1cccc(NC(=O)COC(=O)c2ccc(S(=O)(=O)N3CCOCC3)cc2)c1. The number of hydrogen-bond acceptors (Lipinski definition) is 8. The van der Waals surface area contributed by atoms with Crippen molar-refractivity contribution in [2.24, 2.45) is 5.14 Å². The Bertz CT molecular complexity index is 1210. The normalized spacial score (nSPS) is 15.2. The average molecular weight is 484 g/mol. The molecule has 13 heteroatoms. The lowest BCUT2D eigenvalue weighted by molar-refractivity contribution is -0.119. The standard InChI is InChI=1S/C19H21N3O8S2/c20-31(25,26)17-3-1-2-15(12-17)21-18(23)13-30-19(24)14-4-6-16(7-5-14)32(27,28)22-8-10-29-11-9-22/h1-7,12H,8-11,13H2,(H,21,23)(H2,20,25,26). The zero-order chi connectivity index (χ0) is 23.4. The van der Waals surface area contributed by atoms with E-state index in [4.69, 9.17) is 14.6 Å². The van der Waals surface area contributed by atoms with Crippen LogP contribution in [0.4, 0.5) is 5.69 Å². The first-order valence-corrected chi connectivity index (χ1v) is 12.3. The van der Waals surface area contributed by atoms with E-state index in [2.05, 4.69) is 5.32 Å². The molecule has 0 atom stereocenters. The Balaban J connectivity index is 1.57. The second kappa shape index (κ2) is 9.75. The van der Waals surface area contributed by atoms with Gasteiger partial charge >= 0.3 is 5.97 Å². The summed E-state index contributed by atoms with van der Waals surface area (Å²) >= 11 is 0. The molecular weight excluding hydrogens is 462 g/mol. The number of primary sulfonamides is 1. The Morgan fingerprint density at radius 2 is 1.66 bits per heavy atom. The zero-order valence-corrected chi connectivity index (χ0v) is 18.4. The van der Waals surface area contributed by atoms with Crippen LogP contribution in [0.25, 0.3) is 0 Å². The van der Waals surface area contributed by atoms with Gasteiger partial charge < -0.3 is 14.8 Å². The van der Waals surface area contributed by atoms with Crippen LogP contribution in [-0.4, -0.2) is 65.9 Å². The predicted molar refractivity (Wildman–Crippen MR) is 113 cm³/mol. The fourth-order valence-electron chi connectivity index (χ4n) is 2.86. The van der Waals surface area contributed by atoms with Crippen LogP contribution in [0.1, 0.15) is 10.4 Å². The third kappa shape index (κ3) is 5.89. The Hall–Kier alpha value is -2.84. The summed E-state index contributed by atoms with van der Waals surface area (Å²) in [6, 6.07) is 10.5. The Labute approximate surface area is 185 Å². The van der Waals surface area contributed by atoms with Crippen molar-refractivity contribution in [3.05, 3.63) is 54.1 Å². The van der Waals surface area contributed by atoms with Gasteiger partial charge in [0.1, 0.15) is 0 Å². The van der Waals surface area contributed by atoms with E-state index in [1.54, 1.807) is 0 Å². The first-order chi connectivity index (χ1) is 15.1. The number of carbonyl (C=O) groups excluding carboxylic acids is 2. The highest BCUT2D eigenvalue weighted by Gasteiger charge is 2.26. The van der Waals surface area contributed by atoms with E-state index in [-0.39, 0.29) is 34.1 Å². The number of carbonyl (C=O) groups is 2. The molecule has 1 aliphatic heterocycles. The molecule has 2 aromatic carbocycles. The number of ether oxygens (including phenoxy) is 2. The summed E-state index contributed by atoms with van der Waals surface area (Å²) < 4.78 is 59.3. The quantitative estimate of drug-likeness (QED) is 0.526. The van der Waals surface area contributed by atoms with Gasteiger partial charge in [-0.1, -0.05) is 6.07 Å². The molecule has 0 bridgehead atoms. The number of nitrogens with two attached hydrogens (primary N) is 1. The van der Waals surface area contributed by atoms with Crippen molar-refractivity contribution < 1.29 is 35.9 Å². The second-order valence-electron chi connectivity index (χ2n) is 6.74. The second-order valence-corrected chi connectivity index (χ2v) is 10.2. The van der Waals surface area contributed by atoms with E-state index in [0.29, 0.717) is 13.2 Å². The molecule has 2 aromatic rings. The summed E-state index contributed by atoms with van der Waals surface area (Å²) in [7, 11) is -7.63. The molecule has 3 rings (SSSR count). The van der Waals surface area contributed by atoms with Crippen molar-refractivity contribution in [2.45, 2.75) is 9.79 Å². The molecule has 1 heterocycles. The first-order valence-electron chi connectivity index (χ1n) is 9.35. The molecule has 11 nitrogen and oxygen atoms in total. The maximum atomic E-state index is 12.6. The molecule has 1 aliphatic rings. The molecule has 172 valence electrons. The zero-order valence-electron chi connectivity index (χ0n) is 16.8. The average Bonchev–Trinajstić information content (AvgIpc) is 2.78. The summed E-state index contributed by atoms with van der Waals surface area (Å²) in [4.78, 5) is 24.0. The molecule has 0 saturated carbocycles. The number of benzene rings is 2. The monoisotopic (exact) mass is 483 g/mol. The van der Waals surface area contributed by atoms with Gasteiger partial charge in [0.2, 0.25) is 20.0 Å². The maximum Gasteiger partial charge on any atom is 0.338 e. The van der Waals surface area contributed by atoms with Crippen molar-refractivity contribution >= 4 is 37.6 Å². The van der Waals surface area contributed by atoms with Crippen molar-refractivity contribution in [2.75, 3.05) is 38.2 Å². The minimum absolute atomic E-state index is 0.0310. The lowest BCUT2D eigenvalue weighted by Crippen LogP contribution is -2.40. The first kappa shape index (κ1) is 23.8. The van der Waals surface area contributed by atoms with E-state index >= 15 is 0 Å². The number of nitrogens with zero attached hydrogens (tertiary/aromatic N) is 1. The maximum absolute atomic E-state index is 12.6. The van der Waals surface area contributed by atoms with E-state index < -0.39 is 38.5 Å². The highest BCUT2D eigenvalue weighted by molar-refractivity contribution is 7.89. The summed E-state index contributed by atoms with van der Waals surface area (Å²) in [6.07, 6.45) is 0. The van der Waals surface area contributed by atoms with Crippen LogP contribution in [0.3, 0.4) is 0 Å². The molecule has 0 aliphatic carbocycles. The number of morpholine rings is 1. The molecule has 0 radical (unpaired) electrons. The van der Waals surface area contributed by atoms with Gasteiger partial charge in [-0.25, -0.2) is 26.8 Å². The summed E-state index contributed by atoms with van der Waals surface area (Å²) in [5, 5.41) is 7.44. The number of anilines is 1. The summed E-state index contributed by atoms with van der Waals surface area (Å²) in [5.41, 5.74) is 0.227. The lowest BCUT2D eigenvalue weighted by atomic mass is 10.2. The smallest absolute Gasteiger partial charge is 0.338 e. The fourth-order valence-corrected chi connectivity index (χ4v) is 4.83. The van der Waals surface area contributed by atoms with Gasteiger partial charge in [-0.05, 0) is 42.5 Å². The van der Waals surface area contributed by atoms with Gasteiger partial charge in [0.25, 0.3) is 5.91 Å². The van der Waals surface area contributed by atoms with Gasteiger partial charge in [-0.3, -0.25) is 4.79 Å². The summed E-state index contributed by atoms with van der Waals surface area (Å²) in [6.45, 7) is 0.505. The lowest BCUT2D eigenvalue weighted by Gasteiger charge is -2.26. The summed E-state index contributed by atoms with van der Waals surface area (Å²) in [5.74, 6) is -1.52. The van der Waals surface area contributed by atoms with Gasteiger partial charge in [0.15, 0.2) is 6.61 Å². The van der Waals surface area contributed by atoms with Crippen LogP contribution < -0.4 is 10.5 Å². The number of sulfonamides is 2. The number of hydrogen-bond donors (Lipinski definition) is 2. The Morgan fingerprint density at radius 1 is 1.00 bits per heavy atom. The van der Waals surface area contributed by atoms with Gasteiger partial charge in [-0.15, -0.1) is 0 Å². The van der Waals surface area contributed by atoms with Crippen LogP contribution in [0.5, 0.6) is 0 Å². The van der Waals surface area contributed by atoms with Crippen LogP contribution in [0.2, 0.25) is 0 Å². The highest BCUT2D eigenvalue weighted by Crippen LogP contribution is 2.18. The van der Waals surface area contributed by atoms with Crippen molar-refractivity contribution in [1.82, 2.24) is 4.31 Å². The Morgan fingerprint density at radius 3 is 2.28 bits per heavy atom. The molecule has 1 amide bonds. The molecule has 1 fully saturated rings. The number of nitrogens with one attached hydrogen (secondary N) is 1. The van der Waals surface area contributed by atoms with E-state index in [1.807, 2.05) is 0 Å². The van der Waals surface area contributed by atoms with Crippen molar-refractivity contribution in [3.8, 4) is 0 Å². The van der Waals surface area contributed by atoms with Gasteiger partial charge in [0, 0.05) is 18.8 Å². The molecule has 0 spiro atoms. The minimum atomic E-state index is -3.93. The third-order valence-electron chi connectivity index (χ3n) is 4.48. The molecule has 32 heavy (non-hydrogen) atoms. The topological polar surface area (TPSA) is 162 Å². The van der Waals surface area contributed by atoms with E-state index in [9.17, 15) is 26.4 Å². The van der Waals surface area contributed by atoms with Crippen molar-refractivity contribution in [3.63, 3.8) is 0 Å². The van der Waals surface area contributed by atoms with Crippen LogP contribution in [-0.2, 0) is 34.3 Å². The number of amides is 1. The minimum Gasteiger partial charge on any atom is -0.452 e. The highest BCUT2D eigenvalue weighted by atomic mass is 32.2. The number of rotatable bonds is 7. The van der Waals surface area contributed by atoms with Gasteiger partial charge in [-0.2, -0.15) is 4.31 Å². The van der Waals surface area contributed by atoms with E-state index in [0.717, 1.165) is 0 Å². The number of esters is 1. The largest absolute Gasteiger partial charge is 0.452 e. The predicted octanol–water partition coefficient (Wildman–Crippen LogP) is 0.150. The van der Waals surface area contributed by atoms with Gasteiger partial charge in [0.05, 0.1) is 28.6 Å². The molecule has 3 N–H and O–H groups in total. The molecule has 0 aromatic heterocycles. The van der Waals surface area contributed by atoms with Crippen LogP contribution in [0.15, 0.2) is 58.3 Å². The van der Waals surface area contributed by atoms with Crippen LogP contribution >= 0.6 is 0 Å². The fraction of sp³-hybridized carbons (Fsp3) is 0.263.